The minimum Gasteiger partial charge on any atom is -0.497 e. The third kappa shape index (κ3) is 4.72. The second-order valence-corrected chi connectivity index (χ2v) is 8.47. The first-order chi connectivity index (χ1) is 17.5. The summed E-state index contributed by atoms with van der Waals surface area (Å²) in [5, 5.41) is 11.5. The molecule has 0 bridgehead atoms. The summed E-state index contributed by atoms with van der Waals surface area (Å²) < 4.78 is 6.94. The topological polar surface area (TPSA) is 87.3 Å². The van der Waals surface area contributed by atoms with Crippen LogP contribution in [-0.4, -0.2) is 21.6 Å². The molecule has 0 spiro atoms. The molecule has 0 atom stereocenters. The van der Waals surface area contributed by atoms with E-state index >= 15 is 0 Å². The maximum absolute atomic E-state index is 13.6. The molecule has 7 heteroatoms. The lowest BCUT2D eigenvalue weighted by Crippen LogP contribution is -2.26. The van der Waals surface area contributed by atoms with Crippen LogP contribution in [0.15, 0.2) is 102 Å². The number of hydrogen-bond acceptors (Lipinski definition) is 5. The Morgan fingerprint density at radius 3 is 2.36 bits per heavy atom. The summed E-state index contributed by atoms with van der Waals surface area (Å²) >= 11 is 0. The molecule has 7 nitrogen and oxygen atoms in total. The van der Waals surface area contributed by atoms with Crippen LogP contribution in [0.3, 0.4) is 0 Å². The van der Waals surface area contributed by atoms with Gasteiger partial charge in [0.2, 0.25) is 0 Å². The number of benzene rings is 4. The lowest BCUT2D eigenvalue weighted by molar-refractivity contribution is -0.384. The van der Waals surface area contributed by atoms with Gasteiger partial charge in [0.15, 0.2) is 0 Å². The first kappa shape index (κ1) is 23.0. The van der Waals surface area contributed by atoms with Gasteiger partial charge in [0, 0.05) is 18.6 Å². The van der Waals surface area contributed by atoms with E-state index < -0.39 is 4.92 Å². The van der Waals surface area contributed by atoms with Gasteiger partial charge in [-0.15, -0.1) is 0 Å². The molecule has 1 aromatic heterocycles. The molecule has 1 heterocycles. The van der Waals surface area contributed by atoms with E-state index in [4.69, 9.17) is 9.72 Å². The van der Waals surface area contributed by atoms with Crippen molar-refractivity contribution in [2.45, 2.75) is 13.0 Å². The molecule has 36 heavy (non-hydrogen) atoms. The highest BCUT2D eigenvalue weighted by atomic mass is 16.6. The van der Waals surface area contributed by atoms with Crippen molar-refractivity contribution in [1.29, 1.82) is 0 Å². The molecule has 0 saturated heterocycles. The van der Waals surface area contributed by atoms with E-state index in [2.05, 4.69) is 0 Å². The molecule has 0 amide bonds. The molecule has 0 radical (unpaired) electrons. The van der Waals surface area contributed by atoms with E-state index in [0.717, 1.165) is 28.0 Å². The van der Waals surface area contributed by atoms with E-state index in [1.165, 1.54) is 18.2 Å². The van der Waals surface area contributed by atoms with Crippen molar-refractivity contribution in [1.82, 2.24) is 9.55 Å². The van der Waals surface area contributed by atoms with Crippen LogP contribution in [0.5, 0.6) is 5.75 Å². The number of fused-ring (bicyclic) bond motifs is 1. The molecule has 4 aromatic carbocycles. The van der Waals surface area contributed by atoms with Crippen LogP contribution in [0.4, 0.5) is 5.69 Å². The van der Waals surface area contributed by atoms with Gasteiger partial charge in [0.1, 0.15) is 11.6 Å². The molecule has 0 fully saturated rings. The average molecular weight is 478 g/mol. The van der Waals surface area contributed by atoms with Crippen LogP contribution in [0.1, 0.15) is 17.0 Å². The second-order valence-electron chi connectivity index (χ2n) is 8.47. The van der Waals surface area contributed by atoms with Gasteiger partial charge in [-0.3, -0.25) is 19.5 Å². The quantitative estimate of drug-likeness (QED) is 0.224. The highest BCUT2D eigenvalue weighted by Gasteiger charge is 2.16. The summed E-state index contributed by atoms with van der Waals surface area (Å²) in [6.07, 6.45) is 0.463. The lowest BCUT2D eigenvalue weighted by atomic mass is 10.0. The van der Waals surface area contributed by atoms with E-state index in [-0.39, 0.29) is 16.6 Å². The Morgan fingerprint density at radius 2 is 1.64 bits per heavy atom. The smallest absolute Gasteiger partial charge is 0.270 e. The number of aromatic nitrogens is 2. The molecule has 0 aliphatic carbocycles. The van der Waals surface area contributed by atoms with Crippen LogP contribution >= 0.6 is 0 Å². The van der Waals surface area contributed by atoms with Crippen molar-refractivity contribution in [3.8, 4) is 16.9 Å². The van der Waals surface area contributed by atoms with Crippen LogP contribution < -0.4 is 10.3 Å². The van der Waals surface area contributed by atoms with Gasteiger partial charge in [-0.25, -0.2) is 4.98 Å². The van der Waals surface area contributed by atoms with Gasteiger partial charge in [0.05, 0.1) is 29.5 Å². The van der Waals surface area contributed by atoms with Gasteiger partial charge in [-0.1, -0.05) is 66.7 Å². The van der Waals surface area contributed by atoms with Gasteiger partial charge < -0.3 is 4.74 Å². The number of rotatable bonds is 7. The molecule has 0 aliphatic heterocycles. The van der Waals surface area contributed by atoms with Crippen LogP contribution in [0.2, 0.25) is 0 Å². The van der Waals surface area contributed by atoms with Crippen LogP contribution in [0.25, 0.3) is 22.0 Å². The van der Waals surface area contributed by atoms with Gasteiger partial charge in [-0.05, 0) is 40.5 Å². The fourth-order valence-electron chi connectivity index (χ4n) is 4.23. The van der Waals surface area contributed by atoms with Crippen LogP contribution in [0, 0.1) is 10.1 Å². The largest absolute Gasteiger partial charge is 0.497 e. The van der Waals surface area contributed by atoms with Crippen molar-refractivity contribution in [3.05, 3.63) is 134 Å². The molecule has 5 rings (SSSR count). The molecule has 0 aliphatic rings. The summed E-state index contributed by atoms with van der Waals surface area (Å²) in [6.45, 7) is 0.297. The third-order valence-corrected chi connectivity index (χ3v) is 6.13. The fourth-order valence-corrected chi connectivity index (χ4v) is 4.23. The Hall–Kier alpha value is -4.78. The van der Waals surface area contributed by atoms with Crippen molar-refractivity contribution in [3.63, 3.8) is 0 Å². The number of nitro benzene ring substituents is 1. The number of ether oxygens (including phenoxy) is 1. The van der Waals surface area contributed by atoms with E-state index in [0.29, 0.717) is 24.3 Å². The number of hydrogen-bond donors (Lipinski definition) is 0. The number of methoxy groups -OCH3 is 1. The predicted octanol–water partition coefficient (Wildman–Crippen LogP) is 5.62. The zero-order chi connectivity index (χ0) is 25.1. The number of nitrogens with zero attached hydrogens (tertiary/aromatic N) is 3. The summed E-state index contributed by atoms with van der Waals surface area (Å²) in [6, 6.07) is 29.8. The highest BCUT2D eigenvalue weighted by Crippen LogP contribution is 2.25. The van der Waals surface area contributed by atoms with Crippen molar-refractivity contribution >= 4 is 16.6 Å². The molecule has 0 unspecified atom stereocenters. The first-order valence-corrected chi connectivity index (χ1v) is 11.5. The second kappa shape index (κ2) is 9.84. The predicted molar refractivity (Wildman–Crippen MR) is 139 cm³/mol. The summed E-state index contributed by atoms with van der Waals surface area (Å²) in [4.78, 5) is 29.1. The van der Waals surface area contributed by atoms with Gasteiger partial charge in [-0.2, -0.15) is 0 Å². The SMILES string of the molecule is COc1cccc(-c2ccc(Cn3c(Cc4ccccc4)nc4ccc([N+](=O)[O-])cc4c3=O)cc2)c1. The van der Waals surface area contributed by atoms with E-state index in [1.807, 2.05) is 78.9 Å². The molecule has 0 N–H and O–H groups in total. The maximum Gasteiger partial charge on any atom is 0.270 e. The minimum atomic E-state index is -0.502. The van der Waals surface area contributed by atoms with Gasteiger partial charge >= 0.3 is 0 Å². The highest BCUT2D eigenvalue weighted by molar-refractivity contribution is 5.80. The van der Waals surface area contributed by atoms with E-state index in [9.17, 15) is 14.9 Å². The zero-order valence-electron chi connectivity index (χ0n) is 19.6. The third-order valence-electron chi connectivity index (χ3n) is 6.13. The van der Waals surface area contributed by atoms with E-state index in [1.54, 1.807) is 11.7 Å². The Morgan fingerprint density at radius 1 is 0.861 bits per heavy atom. The maximum atomic E-state index is 13.6. The lowest BCUT2D eigenvalue weighted by Gasteiger charge is -2.14. The van der Waals surface area contributed by atoms with Crippen molar-refractivity contribution < 1.29 is 9.66 Å². The van der Waals surface area contributed by atoms with Crippen molar-refractivity contribution in [2.24, 2.45) is 0 Å². The van der Waals surface area contributed by atoms with Crippen molar-refractivity contribution in [2.75, 3.05) is 7.11 Å². The normalized spacial score (nSPS) is 10.9. The first-order valence-electron chi connectivity index (χ1n) is 11.5. The Labute approximate surface area is 207 Å². The average Bonchev–Trinajstić information content (AvgIpc) is 2.91. The Bertz CT molecular complexity index is 1610. The van der Waals surface area contributed by atoms with Gasteiger partial charge in [0.25, 0.3) is 11.2 Å². The number of non-ortho nitro benzene ring substituents is 1. The summed E-state index contributed by atoms with van der Waals surface area (Å²) in [7, 11) is 1.64. The fraction of sp³-hybridized carbons (Fsp3) is 0.103. The molecular formula is C29H23N3O4. The summed E-state index contributed by atoms with van der Waals surface area (Å²) in [5.41, 5.74) is 4.01. The summed E-state index contributed by atoms with van der Waals surface area (Å²) in [5.74, 6) is 1.38. The zero-order valence-corrected chi connectivity index (χ0v) is 19.6. The molecule has 5 aromatic rings. The molecular weight excluding hydrogens is 454 g/mol. The standard InChI is InChI=1S/C29H23N3O4/c1-36-25-9-5-8-23(17-25)22-12-10-21(11-13-22)19-31-28(16-20-6-3-2-4-7-20)30-27-15-14-24(32(34)35)18-26(27)29(31)33/h2-15,17-18H,16,19H2,1H3. The number of nitro groups is 1. The monoisotopic (exact) mass is 477 g/mol. The Balaban J connectivity index is 1.55. The minimum absolute atomic E-state index is 0.133. The molecule has 178 valence electrons. The van der Waals surface area contributed by atoms with Crippen LogP contribution in [-0.2, 0) is 13.0 Å². The molecule has 0 saturated carbocycles. The Kier molecular flexibility index (Phi) is 6.28.